The fraction of sp³-hybridized carbons (Fsp3) is 0.400. The number of nitrogens with zero attached hydrogens (tertiary/aromatic N) is 1. The topological polar surface area (TPSA) is 38.1 Å². The summed E-state index contributed by atoms with van der Waals surface area (Å²) in [5, 5.41) is 3.47. The molecule has 3 rings (SSSR count). The van der Waals surface area contributed by atoms with Crippen molar-refractivity contribution in [3.05, 3.63) is 53.2 Å². The second-order valence-corrected chi connectivity index (χ2v) is 4.86. The van der Waals surface area contributed by atoms with Crippen LogP contribution in [0.2, 0.25) is 0 Å². The maximum absolute atomic E-state index is 5.78. The Morgan fingerprint density at radius 1 is 1.33 bits per heavy atom. The summed E-state index contributed by atoms with van der Waals surface area (Å²) in [7, 11) is 0. The Labute approximate surface area is 107 Å². The molecule has 3 nitrogen and oxygen atoms in total. The summed E-state index contributed by atoms with van der Waals surface area (Å²) in [6.07, 6.45) is 3.16. The van der Waals surface area contributed by atoms with Gasteiger partial charge < -0.3 is 9.73 Å². The monoisotopic (exact) mass is 242 g/mol. The average Bonchev–Trinajstić information content (AvgIpc) is 3.00. The molecule has 1 saturated heterocycles. The molecule has 94 valence electrons. The first kappa shape index (κ1) is 11.5. The predicted molar refractivity (Wildman–Crippen MR) is 70.5 cm³/mol. The van der Waals surface area contributed by atoms with Crippen molar-refractivity contribution >= 4 is 0 Å². The average molecular weight is 242 g/mol. The van der Waals surface area contributed by atoms with E-state index >= 15 is 0 Å². The third-order valence-electron chi connectivity index (χ3n) is 3.47. The van der Waals surface area contributed by atoms with Gasteiger partial charge in [-0.05, 0) is 31.9 Å². The number of nitrogens with one attached hydrogen (secondary N) is 1. The van der Waals surface area contributed by atoms with Gasteiger partial charge in [-0.3, -0.25) is 0 Å². The largest absolute Gasteiger partial charge is 0.445 e. The zero-order valence-electron chi connectivity index (χ0n) is 10.6. The highest BCUT2D eigenvalue weighted by atomic mass is 16.4. The molecule has 2 heterocycles. The van der Waals surface area contributed by atoms with Crippen molar-refractivity contribution in [1.29, 1.82) is 0 Å². The fourth-order valence-corrected chi connectivity index (χ4v) is 2.55. The number of aromatic nitrogens is 1. The molecule has 1 N–H and O–H groups in total. The lowest BCUT2D eigenvalue weighted by atomic mass is 10.1. The lowest BCUT2D eigenvalue weighted by Crippen LogP contribution is -2.14. The van der Waals surface area contributed by atoms with E-state index in [1.165, 1.54) is 12.0 Å². The molecule has 1 atom stereocenters. The van der Waals surface area contributed by atoms with E-state index in [1.54, 1.807) is 0 Å². The molecule has 0 spiro atoms. The third kappa shape index (κ3) is 2.31. The van der Waals surface area contributed by atoms with Crippen LogP contribution in [0, 0.1) is 6.92 Å². The van der Waals surface area contributed by atoms with Gasteiger partial charge in [0.05, 0.1) is 11.7 Å². The first-order chi connectivity index (χ1) is 8.83. The van der Waals surface area contributed by atoms with E-state index in [0.29, 0.717) is 6.04 Å². The SMILES string of the molecule is Cc1oc(Cc2ccccc2)nc1C1CCCN1. The van der Waals surface area contributed by atoms with Gasteiger partial charge in [-0.1, -0.05) is 30.3 Å². The van der Waals surface area contributed by atoms with E-state index in [4.69, 9.17) is 4.42 Å². The molecule has 0 saturated carbocycles. The van der Waals surface area contributed by atoms with Crippen LogP contribution in [-0.2, 0) is 6.42 Å². The van der Waals surface area contributed by atoms with Crippen LogP contribution in [0.4, 0.5) is 0 Å². The summed E-state index contributed by atoms with van der Waals surface area (Å²) < 4.78 is 5.78. The minimum absolute atomic E-state index is 0.387. The molecule has 0 amide bonds. The lowest BCUT2D eigenvalue weighted by Gasteiger charge is -2.05. The normalized spacial score (nSPS) is 19.3. The molecule has 0 aliphatic carbocycles. The van der Waals surface area contributed by atoms with E-state index in [9.17, 15) is 0 Å². The van der Waals surface area contributed by atoms with Gasteiger partial charge in [0, 0.05) is 6.42 Å². The zero-order valence-corrected chi connectivity index (χ0v) is 10.6. The number of hydrogen-bond acceptors (Lipinski definition) is 3. The van der Waals surface area contributed by atoms with Gasteiger partial charge >= 0.3 is 0 Å². The summed E-state index contributed by atoms with van der Waals surface area (Å²) in [5.41, 5.74) is 2.34. The van der Waals surface area contributed by atoms with Crippen molar-refractivity contribution in [1.82, 2.24) is 10.3 Å². The molecule has 1 fully saturated rings. The molecule has 2 aromatic rings. The third-order valence-corrected chi connectivity index (χ3v) is 3.47. The fourth-order valence-electron chi connectivity index (χ4n) is 2.55. The Bertz CT molecular complexity index is 513. The van der Waals surface area contributed by atoms with Crippen molar-refractivity contribution in [2.45, 2.75) is 32.2 Å². The van der Waals surface area contributed by atoms with Gasteiger partial charge in [0.15, 0.2) is 5.89 Å². The molecule has 18 heavy (non-hydrogen) atoms. The predicted octanol–water partition coefficient (Wildman–Crippen LogP) is 3.00. The van der Waals surface area contributed by atoms with Crippen LogP contribution in [-0.4, -0.2) is 11.5 Å². The van der Waals surface area contributed by atoms with Crippen LogP contribution in [0.1, 0.15) is 41.8 Å². The van der Waals surface area contributed by atoms with E-state index in [-0.39, 0.29) is 0 Å². The van der Waals surface area contributed by atoms with Crippen molar-refractivity contribution < 1.29 is 4.42 Å². The second-order valence-electron chi connectivity index (χ2n) is 4.86. The number of benzene rings is 1. The number of rotatable bonds is 3. The Morgan fingerprint density at radius 3 is 2.89 bits per heavy atom. The van der Waals surface area contributed by atoms with Crippen LogP contribution in [0.3, 0.4) is 0 Å². The molecule has 1 aliphatic heterocycles. The van der Waals surface area contributed by atoms with Crippen molar-refractivity contribution in [3.63, 3.8) is 0 Å². The molecule has 1 aromatic heterocycles. The first-order valence-corrected chi connectivity index (χ1v) is 6.56. The van der Waals surface area contributed by atoms with Crippen molar-refractivity contribution in [2.75, 3.05) is 6.54 Å². The van der Waals surface area contributed by atoms with Gasteiger partial charge in [0.25, 0.3) is 0 Å². The van der Waals surface area contributed by atoms with E-state index in [1.807, 2.05) is 25.1 Å². The Kier molecular flexibility index (Phi) is 3.15. The summed E-state index contributed by atoms with van der Waals surface area (Å²) >= 11 is 0. The first-order valence-electron chi connectivity index (χ1n) is 6.56. The minimum Gasteiger partial charge on any atom is -0.445 e. The smallest absolute Gasteiger partial charge is 0.199 e. The molecule has 0 radical (unpaired) electrons. The van der Waals surface area contributed by atoms with Crippen LogP contribution < -0.4 is 5.32 Å². The second kappa shape index (κ2) is 4.94. The quantitative estimate of drug-likeness (QED) is 0.899. The van der Waals surface area contributed by atoms with E-state index < -0.39 is 0 Å². The number of hydrogen-bond donors (Lipinski definition) is 1. The van der Waals surface area contributed by atoms with Crippen LogP contribution in [0.5, 0.6) is 0 Å². The van der Waals surface area contributed by atoms with Gasteiger partial charge in [0.2, 0.25) is 0 Å². The molecular weight excluding hydrogens is 224 g/mol. The molecule has 0 bridgehead atoms. The molecule has 1 unspecified atom stereocenters. The molecule has 1 aliphatic rings. The Hall–Kier alpha value is -1.61. The van der Waals surface area contributed by atoms with Crippen molar-refractivity contribution in [2.24, 2.45) is 0 Å². The van der Waals surface area contributed by atoms with Gasteiger partial charge in [-0.2, -0.15) is 0 Å². The Morgan fingerprint density at radius 2 is 2.17 bits per heavy atom. The highest BCUT2D eigenvalue weighted by Crippen LogP contribution is 2.26. The maximum atomic E-state index is 5.78. The highest BCUT2D eigenvalue weighted by Gasteiger charge is 2.22. The van der Waals surface area contributed by atoms with E-state index in [0.717, 1.165) is 36.7 Å². The highest BCUT2D eigenvalue weighted by molar-refractivity contribution is 5.21. The van der Waals surface area contributed by atoms with Gasteiger partial charge in [-0.15, -0.1) is 0 Å². The number of aryl methyl sites for hydroxylation is 1. The van der Waals surface area contributed by atoms with Crippen molar-refractivity contribution in [3.8, 4) is 0 Å². The lowest BCUT2D eigenvalue weighted by molar-refractivity contribution is 0.477. The van der Waals surface area contributed by atoms with Gasteiger partial charge in [-0.25, -0.2) is 4.98 Å². The minimum atomic E-state index is 0.387. The molecular formula is C15H18N2O. The number of oxazole rings is 1. The standard InChI is InChI=1S/C15H18N2O/c1-11-15(13-8-5-9-16-13)17-14(18-11)10-12-6-3-2-4-7-12/h2-4,6-7,13,16H,5,8-10H2,1H3. The summed E-state index contributed by atoms with van der Waals surface area (Å²) in [4.78, 5) is 4.66. The Balaban J connectivity index is 1.79. The molecule has 3 heteroatoms. The zero-order chi connectivity index (χ0) is 12.4. The summed E-state index contributed by atoms with van der Waals surface area (Å²) in [6.45, 7) is 3.10. The summed E-state index contributed by atoms with van der Waals surface area (Å²) in [5.74, 6) is 1.78. The maximum Gasteiger partial charge on any atom is 0.199 e. The summed E-state index contributed by atoms with van der Waals surface area (Å²) in [6, 6.07) is 10.7. The molecule has 1 aromatic carbocycles. The van der Waals surface area contributed by atoms with E-state index in [2.05, 4.69) is 22.4 Å². The van der Waals surface area contributed by atoms with Gasteiger partial charge in [0.1, 0.15) is 5.76 Å². The van der Waals surface area contributed by atoms with Crippen LogP contribution >= 0.6 is 0 Å². The van der Waals surface area contributed by atoms with Crippen LogP contribution in [0.25, 0.3) is 0 Å². The van der Waals surface area contributed by atoms with Crippen LogP contribution in [0.15, 0.2) is 34.7 Å².